The maximum atomic E-state index is 12.1. The molecule has 0 bridgehead atoms. The lowest BCUT2D eigenvalue weighted by atomic mass is 10.2. The van der Waals surface area contributed by atoms with Crippen molar-refractivity contribution in [3.8, 4) is 0 Å². The molecule has 0 spiro atoms. The lowest BCUT2D eigenvalue weighted by molar-refractivity contribution is -0.149. The Morgan fingerprint density at radius 3 is 2.13 bits per heavy atom. The summed E-state index contributed by atoms with van der Waals surface area (Å²) in [6.07, 6.45) is -4.08. The maximum absolute atomic E-state index is 12.1. The van der Waals surface area contributed by atoms with Gasteiger partial charge < -0.3 is 5.73 Å². The molecule has 0 aromatic heterocycles. The van der Waals surface area contributed by atoms with Crippen molar-refractivity contribution in [1.29, 1.82) is 0 Å². The molecule has 0 aromatic rings. The Morgan fingerprint density at radius 2 is 1.73 bits per heavy atom. The Balaban J connectivity index is 2.30. The molecule has 0 aliphatic carbocycles. The van der Waals surface area contributed by atoms with E-state index in [0.29, 0.717) is 32.7 Å². The Morgan fingerprint density at radius 1 is 1.20 bits per heavy atom. The second kappa shape index (κ2) is 5.14. The average Bonchev–Trinajstić information content (AvgIpc) is 2.15. The molecule has 1 aliphatic rings. The second-order valence-electron chi connectivity index (χ2n) is 4.01. The smallest absolute Gasteiger partial charge is 0.329 e. The molecule has 1 aliphatic heterocycles. The molecular formula is C9H18F3N3. The molecule has 1 saturated heterocycles. The van der Waals surface area contributed by atoms with Gasteiger partial charge in [-0.25, -0.2) is 0 Å². The molecule has 1 fully saturated rings. The van der Waals surface area contributed by atoms with E-state index >= 15 is 0 Å². The Hall–Kier alpha value is -0.330. The van der Waals surface area contributed by atoms with Gasteiger partial charge in [-0.1, -0.05) is 0 Å². The molecule has 0 aromatic carbocycles. The van der Waals surface area contributed by atoms with Gasteiger partial charge in [-0.15, -0.1) is 0 Å². The summed E-state index contributed by atoms with van der Waals surface area (Å²) in [6.45, 7) is 4.06. The van der Waals surface area contributed by atoms with E-state index < -0.39 is 12.7 Å². The summed E-state index contributed by atoms with van der Waals surface area (Å²) in [5.74, 6) is 0. The van der Waals surface area contributed by atoms with Gasteiger partial charge in [-0.2, -0.15) is 13.2 Å². The van der Waals surface area contributed by atoms with Crippen molar-refractivity contribution < 1.29 is 13.2 Å². The fraction of sp³-hybridized carbons (Fsp3) is 1.00. The molecule has 1 heterocycles. The third-order valence-corrected chi connectivity index (χ3v) is 2.77. The van der Waals surface area contributed by atoms with E-state index in [0.717, 1.165) is 0 Å². The van der Waals surface area contributed by atoms with Crippen LogP contribution >= 0.6 is 0 Å². The topological polar surface area (TPSA) is 32.5 Å². The first-order valence-electron chi connectivity index (χ1n) is 5.15. The highest BCUT2D eigenvalue weighted by Crippen LogP contribution is 2.17. The molecule has 0 saturated carbocycles. The van der Waals surface area contributed by atoms with E-state index in [9.17, 15) is 13.2 Å². The first-order valence-corrected chi connectivity index (χ1v) is 5.15. The van der Waals surface area contributed by atoms with Gasteiger partial charge in [0, 0.05) is 38.8 Å². The molecule has 6 heteroatoms. The van der Waals surface area contributed by atoms with Crippen molar-refractivity contribution in [2.75, 3.05) is 39.3 Å². The lowest BCUT2D eigenvalue weighted by Gasteiger charge is -2.37. The zero-order valence-corrected chi connectivity index (χ0v) is 8.93. The van der Waals surface area contributed by atoms with Crippen LogP contribution in [0.15, 0.2) is 0 Å². The fourth-order valence-electron chi connectivity index (χ4n) is 1.76. The first-order chi connectivity index (χ1) is 6.92. The minimum absolute atomic E-state index is 0.262. The summed E-state index contributed by atoms with van der Waals surface area (Å²) < 4.78 is 36.3. The third-order valence-electron chi connectivity index (χ3n) is 2.77. The van der Waals surface area contributed by atoms with Gasteiger partial charge in [0.15, 0.2) is 0 Å². The van der Waals surface area contributed by atoms with Gasteiger partial charge in [0.25, 0.3) is 0 Å². The Kier molecular flexibility index (Phi) is 4.36. The maximum Gasteiger partial charge on any atom is 0.401 e. The van der Waals surface area contributed by atoms with Crippen molar-refractivity contribution in [2.24, 2.45) is 5.73 Å². The summed E-state index contributed by atoms with van der Waals surface area (Å²) in [7, 11) is 0. The number of hydrogen-bond acceptors (Lipinski definition) is 3. The minimum atomic E-state index is -4.08. The third kappa shape index (κ3) is 4.36. The van der Waals surface area contributed by atoms with Gasteiger partial charge in [0.2, 0.25) is 0 Å². The molecule has 1 unspecified atom stereocenters. The SMILES string of the molecule is CC(CN)N1CCN(CC(F)(F)F)CC1. The summed E-state index contributed by atoms with van der Waals surface area (Å²) in [4.78, 5) is 3.58. The Bertz CT molecular complexity index is 188. The molecule has 90 valence electrons. The van der Waals surface area contributed by atoms with Gasteiger partial charge in [-0.3, -0.25) is 9.80 Å². The van der Waals surface area contributed by atoms with Crippen LogP contribution in [0.4, 0.5) is 13.2 Å². The number of nitrogens with zero attached hydrogens (tertiary/aromatic N) is 2. The van der Waals surface area contributed by atoms with Crippen LogP contribution in [0.3, 0.4) is 0 Å². The van der Waals surface area contributed by atoms with Crippen LogP contribution in [0.5, 0.6) is 0 Å². The summed E-state index contributed by atoms with van der Waals surface area (Å²) in [6, 6.07) is 0.262. The standard InChI is InChI=1S/C9H18F3N3/c1-8(6-13)15-4-2-14(3-5-15)7-9(10,11)12/h8H,2-7,13H2,1H3. The molecule has 0 amide bonds. The normalized spacial score (nSPS) is 23.0. The van der Waals surface area contributed by atoms with Crippen molar-refractivity contribution in [3.05, 3.63) is 0 Å². The lowest BCUT2D eigenvalue weighted by Crippen LogP contribution is -2.53. The van der Waals surface area contributed by atoms with Crippen molar-refractivity contribution in [1.82, 2.24) is 9.80 Å². The van der Waals surface area contributed by atoms with Crippen LogP contribution in [0.1, 0.15) is 6.92 Å². The van der Waals surface area contributed by atoms with Crippen LogP contribution in [0.25, 0.3) is 0 Å². The van der Waals surface area contributed by atoms with Gasteiger partial charge in [0.05, 0.1) is 6.54 Å². The summed E-state index contributed by atoms with van der Waals surface area (Å²) in [5, 5.41) is 0. The first kappa shape index (κ1) is 12.7. The van der Waals surface area contributed by atoms with Crippen LogP contribution < -0.4 is 5.73 Å². The van der Waals surface area contributed by atoms with E-state index in [1.807, 2.05) is 6.92 Å². The monoisotopic (exact) mass is 225 g/mol. The summed E-state index contributed by atoms with van der Waals surface area (Å²) >= 11 is 0. The zero-order valence-electron chi connectivity index (χ0n) is 8.93. The highest BCUT2D eigenvalue weighted by atomic mass is 19.4. The molecule has 2 N–H and O–H groups in total. The molecule has 3 nitrogen and oxygen atoms in total. The average molecular weight is 225 g/mol. The van der Waals surface area contributed by atoms with Crippen LogP contribution in [-0.4, -0.2) is 61.3 Å². The van der Waals surface area contributed by atoms with E-state index in [-0.39, 0.29) is 6.04 Å². The summed E-state index contributed by atoms with van der Waals surface area (Å²) in [5.41, 5.74) is 5.50. The molecule has 1 atom stereocenters. The molecular weight excluding hydrogens is 207 g/mol. The number of rotatable bonds is 3. The van der Waals surface area contributed by atoms with Crippen LogP contribution in [0, 0.1) is 0 Å². The van der Waals surface area contributed by atoms with E-state index in [4.69, 9.17) is 5.73 Å². The highest BCUT2D eigenvalue weighted by molar-refractivity contribution is 4.77. The Labute approximate surface area is 88.0 Å². The molecule has 1 rings (SSSR count). The quantitative estimate of drug-likeness (QED) is 0.759. The van der Waals surface area contributed by atoms with E-state index in [1.54, 1.807) is 0 Å². The largest absolute Gasteiger partial charge is 0.401 e. The zero-order chi connectivity index (χ0) is 11.5. The highest BCUT2D eigenvalue weighted by Gasteiger charge is 2.32. The fourth-order valence-corrected chi connectivity index (χ4v) is 1.76. The number of nitrogens with two attached hydrogens (primary N) is 1. The van der Waals surface area contributed by atoms with Crippen molar-refractivity contribution in [3.63, 3.8) is 0 Å². The molecule has 15 heavy (non-hydrogen) atoms. The predicted octanol–water partition coefficient (Wildman–Crippen LogP) is 0.514. The number of hydrogen-bond donors (Lipinski definition) is 1. The van der Waals surface area contributed by atoms with Crippen LogP contribution in [0.2, 0.25) is 0 Å². The van der Waals surface area contributed by atoms with Gasteiger partial charge in [-0.05, 0) is 6.92 Å². The van der Waals surface area contributed by atoms with Crippen molar-refractivity contribution >= 4 is 0 Å². The number of piperazine rings is 1. The molecule has 0 radical (unpaired) electrons. The van der Waals surface area contributed by atoms with Gasteiger partial charge in [0.1, 0.15) is 0 Å². The second-order valence-corrected chi connectivity index (χ2v) is 4.01. The predicted molar refractivity (Wildman–Crippen MR) is 52.6 cm³/mol. The van der Waals surface area contributed by atoms with E-state index in [1.165, 1.54) is 4.90 Å². The minimum Gasteiger partial charge on any atom is -0.329 e. The van der Waals surface area contributed by atoms with Crippen molar-refractivity contribution in [2.45, 2.75) is 19.1 Å². The number of halogens is 3. The van der Waals surface area contributed by atoms with Crippen LogP contribution in [-0.2, 0) is 0 Å². The van der Waals surface area contributed by atoms with Gasteiger partial charge >= 0.3 is 6.18 Å². The van der Waals surface area contributed by atoms with E-state index in [2.05, 4.69) is 4.90 Å². The number of alkyl halides is 3.